The number of hydrogen-bond donors (Lipinski definition) is 1. The fourth-order valence-corrected chi connectivity index (χ4v) is 5.05. The summed E-state index contributed by atoms with van der Waals surface area (Å²) in [5.41, 5.74) is 1.78. The third-order valence-corrected chi connectivity index (χ3v) is 6.79. The van der Waals surface area contributed by atoms with E-state index in [1.807, 2.05) is 42.5 Å². The summed E-state index contributed by atoms with van der Waals surface area (Å²) < 4.78 is 0. The summed E-state index contributed by atoms with van der Waals surface area (Å²) in [5.74, 6) is 0.561. The van der Waals surface area contributed by atoms with Gasteiger partial charge in [0.2, 0.25) is 0 Å². The van der Waals surface area contributed by atoms with Gasteiger partial charge in [-0.05, 0) is 43.2 Å². The molecule has 2 aromatic carbocycles. The topological polar surface area (TPSA) is 65.5 Å². The van der Waals surface area contributed by atoms with Crippen molar-refractivity contribution in [2.45, 2.75) is 24.5 Å². The molecule has 32 heavy (non-hydrogen) atoms. The van der Waals surface area contributed by atoms with Gasteiger partial charge in [0, 0.05) is 47.0 Å². The number of fused-ring (bicyclic) bond motifs is 3. The molecule has 1 atom stereocenters. The van der Waals surface area contributed by atoms with Gasteiger partial charge in [-0.3, -0.25) is 9.59 Å². The molecule has 6 nitrogen and oxygen atoms in total. The van der Waals surface area contributed by atoms with Gasteiger partial charge in [-0.2, -0.15) is 0 Å². The predicted molar refractivity (Wildman–Crippen MR) is 122 cm³/mol. The monoisotopic (exact) mass is 444 g/mol. The van der Waals surface area contributed by atoms with Gasteiger partial charge >= 0.3 is 0 Å². The number of rotatable bonds is 4. The number of carbonyl (C=O) groups excluding carboxylic acids is 2. The molecule has 1 aromatic heterocycles. The minimum Gasteiger partial charge on any atom is -0.367 e. The maximum absolute atomic E-state index is 13.8. The molecule has 7 heteroatoms. The zero-order chi connectivity index (χ0) is 21.9. The Balaban J connectivity index is 1.46. The zero-order valence-corrected chi connectivity index (χ0v) is 18.0. The second kappa shape index (κ2) is 7.07. The molecule has 1 aliphatic carbocycles. The highest BCUT2D eigenvalue weighted by molar-refractivity contribution is 6.30. The van der Waals surface area contributed by atoms with E-state index in [2.05, 4.69) is 10.3 Å². The number of carbonyl (C=O) groups is 2. The second-order valence-corrected chi connectivity index (χ2v) is 8.93. The Morgan fingerprint density at radius 3 is 2.53 bits per heavy atom. The van der Waals surface area contributed by atoms with Crippen LogP contribution in [0.2, 0.25) is 5.02 Å². The molecule has 3 heterocycles. The maximum Gasteiger partial charge on any atom is 0.257 e. The lowest BCUT2D eigenvalue weighted by atomic mass is 9.89. The van der Waals surface area contributed by atoms with E-state index in [4.69, 9.17) is 11.6 Å². The zero-order valence-electron chi connectivity index (χ0n) is 17.3. The van der Waals surface area contributed by atoms with Gasteiger partial charge in [-0.25, -0.2) is 4.98 Å². The van der Waals surface area contributed by atoms with Crippen LogP contribution in [0.3, 0.4) is 0 Å². The van der Waals surface area contributed by atoms with Crippen molar-refractivity contribution in [3.63, 3.8) is 0 Å². The van der Waals surface area contributed by atoms with E-state index in [1.54, 1.807) is 34.2 Å². The van der Waals surface area contributed by atoms with Crippen LogP contribution in [0.15, 0.2) is 66.9 Å². The predicted octanol–water partition coefficient (Wildman–Crippen LogP) is 4.12. The van der Waals surface area contributed by atoms with E-state index >= 15 is 0 Å². The average molecular weight is 445 g/mol. The first-order valence-electron chi connectivity index (χ1n) is 10.8. The van der Waals surface area contributed by atoms with E-state index in [-0.39, 0.29) is 11.8 Å². The fourth-order valence-electron chi connectivity index (χ4n) is 4.92. The molecule has 1 saturated carbocycles. The van der Waals surface area contributed by atoms with Crippen molar-refractivity contribution in [2.75, 3.05) is 18.4 Å². The van der Waals surface area contributed by atoms with Crippen LogP contribution in [0.4, 0.5) is 5.82 Å². The molecular formula is C25H21ClN4O2. The number of amides is 2. The SMILES string of the molecule is O=C(c1ccc(NC2CC2)nc1)N1CCN2C(=O)c3ccccc3C12c1ccc(Cl)cc1. The molecule has 1 unspecified atom stereocenters. The van der Waals surface area contributed by atoms with E-state index in [9.17, 15) is 9.59 Å². The van der Waals surface area contributed by atoms with Crippen LogP contribution in [0.25, 0.3) is 0 Å². The number of pyridine rings is 1. The van der Waals surface area contributed by atoms with Gasteiger partial charge in [0.05, 0.1) is 5.56 Å². The van der Waals surface area contributed by atoms with Crippen molar-refractivity contribution in [3.8, 4) is 0 Å². The van der Waals surface area contributed by atoms with E-state index < -0.39 is 5.66 Å². The summed E-state index contributed by atoms with van der Waals surface area (Å²) in [6, 6.07) is 19.1. The van der Waals surface area contributed by atoms with Crippen LogP contribution in [0.5, 0.6) is 0 Å². The molecule has 6 rings (SSSR count). The summed E-state index contributed by atoms with van der Waals surface area (Å²) in [5, 5.41) is 3.95. The molecule has 0 radical (unpaired) electrons. The van der Waals surface area contributed by atoms with Gasteiger partial charge in [0.25, 0.3) is 11.8 Å². The largest absolute Gasteiger partial charge is 0.367 e. The van der Waals surface area contributed by atoms with Crippen molar-refractivity contribution in [2.24, 2.45) is 0 Å². The third-order valence-electron chi connectivity index (χ3n) is 6.54. The third kappa shape index (κ3) is 2.76. The van der Waals surface area contributed by atoms with Crippen LogP contribution >= 0.6 is 11.6 Å². The first-order chi connectivity index (χ1) is 15.6. The summed E-state index contributed by atoms with van der Waals surface area (Å²) in [7, 11) is 0. The summed E-state index contributed by atoms with van der Waals surface area (Å²) in [6.45, 7) is 0.889. The molecule has 3 aliphatic rings. The number of anilines is 1. The number of aromatic nitrogens is 1. The van der Waals surface area contributed by atoms with Gasteiger partial charge in [0.1, 0.15) is 5.82 Å². The van der Waals surface area contributed by atoms with Crippen LogP contribution in [0.1, 0.15) is 44.7 Å². The summed E-state index contributed by atoms with van der Waals surface area (Å²) in [4.78, 5) is 35.2. The lowest BCUT2D eigenvalue weighted by Crippen LogP contribution is -2.51. The lowest BCUT2D eigenvalue weighted by Gasteiger charge is -2.40. The van der Waals surface area contributed by atoms with Gasteiger partial charge < -0.3 is 15.1 Å². The molecule has 160 valence electrons. The first kappa shape index (κ1) is 19.3. The van der Waals surface area contributed by atoms with Gasteiger partial charge in [0.15, 0.2) is 5.66 Å². The molecule has 3 aromatic rings. The van der Waals surface area contributed by atoms with Crippen molar-refractivity contribution in [1.29, 1.82) is 0 Å². The first-order valence-corrected chi connectivity index (χ1v) is 11.2. The maximum atomic E-state index is 13.8. The number of hydrogen-bond acceptors (Lipinski definition) is 4. The minimum atomic E-state index is -1.000. The normalized spacial score (nSPS) is 21.5. The molecule has 0 bridgehead atoms. The van der Waals surface area contributed by atoms with E-state index in [1.165, 1.54) is 0 Å². The van der Waals surface area contributed by atoms with Crippen molar-refractivity contribution < 1.29 is 9.59 Å². The Kier molecular flexibility index (Phi) is 4.27. The standard InChI is InChI=1S/C25H21ClN4O2/c26-18-8-6-17(7-9-18)25-21-4-2-1-3-20(21)24(32)30(25)14-13-29(25)23(31)16-5-12-22(27-15-16)28-19-10-11-19/h1-9,12,15,19H,10-11,13-14H2,(H,27,28). The highest BCUT2D eigenvalue weighted by Crippen LogP contribution is 2.50. The Hall–Kier alpha value is -3.38. The van der Waals surface area contributed by atoms with Crippen LogP contribution in [-0.2, 0) is 5.66 Å². The van der Waals surface area contributed by atoms with Crippen LogP contribution in [-0.4, -0.2) is 45.7 Å². The summed E-state index contributed by atoms with van der Waals surface area (Å²) >= 11 is 6.16. The summed E-state index contributed by atoms with van der Waals surface area (Å²) in [6.07, 6.45) is 3.93. The number of nitrogens with zero attached hydrogens (tertiary/aromatic N) is 3. The molecule has 2 aliphatic heterocycles. The second-order valence-electron chi connectivity index (χ2n) is 8.49. The number of nitrogens with one attached hydrogen (secondary N) is 1. The van der Waals surface area contributed by atoms with Crippen molar-refractivity contribution in [1.82, 2.24) is 14.8 Å². The molecule has 2 fully saturated rings. The lowest BCUT2D eigenvalue weighted by molar-refractivity contribution is 0.0375. The molecule has 1 saturated heterocycles. The van der Waals surface area contributed by atoms with E-state index in [0.717, 1.165) is 29.8 Å². The number of halogens is 1. The van der Waals surface area contributed by atoms with E-state index in [0.29, 0.717) is 35.3 Å². The quantitative estimate of drug-likeness (QED) is 0.657. The van der Waals surface area contributed by atoms with Crippen LogP contribution in [0, 0.1) is 0 Å². The molecular weight excluding hydrogens is 424 g/mol. The highest BCUT2D eigenvalue weighted by Gasteiger charge is 2.59. The van der Waals surface area contributed by atoms with Crippen LogP contribution < -0.4 is 5.32 Å². The van der Waals surface area contributed by atoms with Gasteiger partial charge in [-0.1, -0.05) is 41.9 Å². The Morgan fingerprint density at radius 1 is 1.03 bits per heavy atom. The molecule has 0 spiro atoms. The van der Waals surface area contributed by atoms with Crippen molar-refractivity contribution >= 4 is 29.2 Å². The Morgan fingerprint density at radius 2 is 1.81 bits per heavy atom. The van der Waals surface area contributed by atoms with Gasteiger partial charge in [-0.15, -0.1) is 0 Å². The fraction of sp³-hybridized carbons (Fsp3) is 0.240. The molecule has 1 N–H and O–H groups in total. The number of benzene rings is 2. The Bertz CT molecular complexity index is 1220. The smallest absolute Gasteiger partial charge is 0.257 e. The molecule has 2 amide bonds. The highest BCUT2D eigenvalue weighted by atomic mass is 35.5. The Labute approximate surface area is 190 Å². The average Bonchev–Trinajstić information content (AvgIpc) is 3.49. The minimum absolute atomic E-state index is 0.0621. The van der Waals surface area contributed by atoms with Crippen molar-refractivity contribution in [3.05, 3.63) is 94.1 Å².